The second kappa shape index (κ2) is 9.16. The van der Waals surface area contributed by atoms with E-state index < -0.39 is 5.97 Å². The first-order chi connectivity index (χ1) is 16.6. The number of fused-ring (bicyclic) bond motifs is 2. The normalized spacial score (nSPS) is 10.9. The molecule has 4 aromatic carbocycles. The van der Waals surface area contributed by atoms with Gasteiger partial charge < -0.3 is 4.74 Å². The van der Waals surface area contributed by atoms with Crippen molar-refractivity contribution in [2.45, 2.75) is 6.92 Å². The van der Waals surface area contributed by atoms with Crippen molar-refractivity contribution < 1.29 is 14.3 Å². The van der Waals surface area contributed by atoms with Gasteiger partial charge in [0.05, 0.1) is 23.4 Å². The Morgan fingerprint density at radius 1 is 0.735 bits per heavy atom. The lowest BCUT2D eigenvalue weighted by Gasteiger charge is -2.24. The molecule has 0 aliphatic carbocycles. The summed E-state index contributed by atoms with van der Waals surface area (Å²) >= 11 is 0. The third-order valence-corrected chi connectivity index (χ3v) is 5.65. The van der Waals surface area contributed by atoms with Crippen molar-refractivity contribution >= 4 is 44.9 Å². The van der Waals surface area contributed by atoms with Crippen molar-refractivity contribution in [3.63, 3.8) is 0 Å². The Balaban J connectivity index is 1.62. The zero-order chi connectivity index (χ0) is 23.5. The van der Waals surface area contributed by atoms with Crippen molar-refractivity contribution in [1.29, 1.82) is 0 Å². The molecule has 0 N–H and O–H groups in total. The first-order valence-corrected chi connectivity index (χ1v) is 11.1. The number of hydrogen-bond donors (Lipinski definition) is 0. The van der Waals surface area contributed by atoms with E-state index in [9.17, 15) is 9.59 Å². The maximum Gasteiger partial charge on any atom is 0.339 e. The predicted octanol–water partition coefficient (Wildman–Crippen LogP) is 6.54. The average molecular weight is 447 g/mol. The molecule has 0 spiro atoms. The molecule has 0 fully saturated rings. The molecule has 0 aliphatic rings. The third kappa shape index (κ3) is 4.11. The zero-order valence-electron chi connectivity index (χ0n) is 18.6. The summed E-state index contributed by atoms with van der Waals surface area (Å²) in [6.45, 7) is 2.07. The topological polar surface area (TPSA) is 59.5 Å². The highest BCUT2D eigenvalue weighted by Crippen LogP contribution is 2.32. The van der Waals surface area contributed by atoms with Crippen LogP contribution in [0.25, 0.3) is 21.7 Å². The minimum Gasteiger partial charge on any atom is -0.462 e. The molecule has 5 nitrogen and oxygen atoms in total. The second-order valence-electron chi connectivity index (χ2n) is 7.86. The number of aromatic nitrogens is 1. The van der Waals surface area contributed by atoms with Crippen LogP contribution in [0, 0.1) is 0 Å². The summed E-state index contributed by atoms with van der Waals surface area (Å²) in [7, 11) is 0. The van der Waals surface area contributed by atoms with Crippen molar-refractivity contribution in [1.82, 2.24) is 4.98 Å². The maximum atomic E-state index is 13.7. The fourth-order valence-corrected chi connectivity index (χ4v) is 3.98. The zero-order valence-corrected chi connectivity index (χ0v) is 18.6. The summed E-state index contributed by atoms with van der Waals surface area (Å²) in [5, 5.41) is 2.94. The lowest BCUT2D eigenvalue weighted by atomic mass is 10.1. The van der Waals surface area contributed by atoms with Gasteiger partial charge in [-0.1, -0.05) is 54.6 Å². The largest absolute Gasteiger partial charge is 0.462 e. The number of esters is 1. The van der Waals surface area contributed by atoms with Gasteiger partial charge in [-0.05, 0) is 60.2 Å². The van der Waals surface area contributed by atoms with E-state index in [2.05, 4.69) is 4.98 Å². The Morgan fingerprint density at radius 3 is 2.18 bits per heavy atom. The molecule has 0 saturated carbocycles. The lowest BCUT2D eigenvalue weighted by Crippen LogP contribution is -2.26. The quantitative estimate of drug-likeness (QED) is 0.288. The number of amides is 1. The van der Waals surface area contributed by atoms with Crippen LogP contribution in [-0.4, -0.2) is 23.5 Å². The van der Waals surface area contributed by atoms with Crippen LogP contribution in [0.1, 0.15) is 27.6 Å². The molecule has 166 valence electrons. The van der Waals surface area contributed by atoms with Gasteiger partial charge in [0.1, 0.15) is 0 Å². The van der Waals surface area contributed by atoms with E-state index in [1.807, 2.05) is 78.9 Å². The number of nitrogens with zero attached hydrogens (tertiary/aromatic N) is 2. The van der Waals surface area contributed by atoms with E-state index in [-0.39, 0.29) is 5.91 Å². The van der Waals surface area contributed by atoms with Crippen LogP contribution >= 0.6 is 0 Å². The number of ether oxygens (including phenoxy) is 1. The Hall–Kier alpha value is -4.51. The van der Waals surface area contributed by atoms with Gasteiger partial charge >= 0.3 is 5.97 Å². The molecule has 1 amide bonds. The van der Waals surface area contributed by atoms with E-state index in [1.165, 1.54) is 6.20 Å². The van der Waals surface area contributed by atoms with Gasteiger partial charge in [-0.15, -0.1) is 0 Å². The van der Waals surface area contributed by atoms with Gasteiger partial charge in [0.25, 0.3) is 5.91 Å². The van der Waals surface area contributed by atoms with Crippen LogP contribution in [0.5, 0.6) is 0 Å². The first-order valence-electron chi connectivity index (χ1n) is 11.1. The Bertz CT molecular complexity index is 1510. The molecule has 1 aromatic heterocycles. The standard InChI is InChI=1S/C29H22N2O3/c1-2-34-29(33)24-16-23-13-15-26(18-27(23)30-19-24)31(28(32)21-9-4-3-5-10-21)25-14-12-20-8-6-7-11-22(20)17-25/h3-19H,2H2,1H3. The Morgan fingerprint density at radius 2 is 1.41 bits per heavy atom. The molecular weight excluding hydrogens is 424 g/mol. The van der Waals surface area contributed by atoms with Crippen molar-refractivity contribution in [3.8, 4) is 0 Å². The summed E-state index contributed by atoms with van der Waals surface area (Å²) in [5.74, 6) is -0.545. The second-order valence-corrected chi connectivity index (χ2v) is 7.86. The van der Waals surface area contributed by atoms with Crippen molar-refractivity contribution in [2.24, 2.45) is 0 Å². The number of hydrogen-bond acceptors (Lipinski definition) is 4. The van der Waals surface area contributed by atoms with E-state index in [0.717, 1.165) is 21.8 Å². The summed E-state index contributed by atoms with van der Waals surface area (Å²) in [6, 6.07) is 30.6. The molecule has 5 rings (SSSR count). The predicted molar refractivity (Wildman–Crippen MR) is 135 cm³/mol. The highest BCUT2D eigenvalue weighted by Gasteiger charge is 2.21. The molecule has 1 heterocycles. The van der Waals surface area contributed by atoms with Gasteiger partial charge in [-0.3, -0.25) is 14.7 Å². The molecule has 0 radical (unpaired) electrons. The fraction of sp³-hybridized carbons (Fsp3) is 0.0690. The Labute approximate surface area is 197 Å². The van der Waals surface area contributed by atoms with E-state index >= 15 is 0 Å². The summed E-state index contributed by atoms with van der Waals surface area (Å²) in [6.07, 6.45) is 1.50. The minimum absolute atomic E-state index is 0.140. The summed E-state index contributed by atoms with van der Waals surface area (Å²) < 4.78 is 5.08. The highest BCUT2D eigenvalue weighted by molar-refractivity contribution is 6.12. The number of carbonyl (C=O) groups excluding carboxylic acids is 2. The van der Waals surface area contributed by atoms with Crippen LogP contribution in [0.4, 0.5) is 11.4 Å². The average Bonchev–Trinajstić information content (AvgIpc) is 2.89. The molecule has 0 unspecified atom stereocenters. The van der Waals surface area contributed by atoms with E-state index in [1.54, 1.807) is 30.0 Å². The molecule has 0 atom stereocenters. The van der Waals surface area contributed by atoms with Gasteiger partial charge in [0.15, 0.2) is 0 Å². The Kier molecular flexibility index (Phi) is 5.75. The van der Waals surface area contributed by atoms with Crippen LogP contribution in [-0.2, 0) is 4.74 Å². The van der Waals surface area contributed by atoms with Crippen molar-refractivity contribution in [2.75, 3.05) is 11.5 Å². The molecule has 0 aliphatic heterocycles. The lowest BCUT2D eigenvalue weighted by molar-refractivity contribution is 0.0526. The van der Waals surface area contributed by atoms with Gasteiger partial charge in [-0.2, -0.15) is 0 Å². The number of anilines is 2. The monoisotopic (exact) mass is 446 g/mol. The number of benzene rings is 4. The van der Waals surface area contributed by atoms with Gasteiger partial charge in [0, 0.05) is 22.8 Å². The van der Waals surface area contributed by atoms with Crippen LogP contribution in [0.3, 0.4) is 0 Å². The van der Waals surface area contributed by atoms with Crippen LogP contribution in [0.2, 0.25) is 0 Å². The van der Waals surface area contributed by atoms with Gasteiger partial charge in [-0.25, -0.2) is 4.79 Å². The number of carbonyl (C=O) groups is 2. The summed E-state index contributed by atoms with van der Waals surface area (Å²) in [4.78, 5) is 31.9. The van der Waals surface area contributed by atoms with E-state index in [4.69, 9.17) is 4.74 Å². The molecule has 5 aromatic rings. The third-order valence-electron chi connectivity index (χ3n) is 5.65. The minimum atomic E-state index is -0.405. The SMILES string of the molecule is CCOC(=O)c1cnc2cc(N(C(=O)c3ccccc3)c3ccc4ccccc4c3)ccc2c1. The summed E-state index contributed by atoms with van der Waals surface area (Å²) in [5.41, 5.74) is 3.11. The molecule has 0 bridgehead atoms. The molecular formula is C29H22N2O3. The van der Waals surface area contributed by atoms with Crippen LogP contribution < -0.4 is 4.90 Å². The maximum absolute atomic E-state index is 13.7. The smallest absolute Gasteiger partial charge is 0.339 e. The van der Waals surface area contributed by atoms with Crippen molar-refractivity contribution in [3.05, 3.63) is 114 Å². The molecule has 5 heteroatoms. The number of pyridine rings is 1. The van der Waals surface area contributed by atoms with Gasteiger partial charge in [0.2, 0.25) is 0 Å². The molecule has 0 saturated heterocycles. The first kappa shape index (κ1) is 21.3. The highest BCUT2D eigenvalue weighted by atomic mass is 16.5. The fourth-order valence-electron chi connectivity index (χ4n) is 3.98. The number of rotatable bonds is 5. The molecule has 34 heavy (non-hydrogen) atoms. The van der Waals surface area contributed by atoms with Crippen LogP contribution in [0.15, 0.2) is 103 Å². The van der Waals surface area contributed by atoms with E-state index in [0.29, 0.717) is 28.9 Å².